The lowest BCUT2D eigenvalue weighted by Gasteiger charge is -2.05. The zero-order valence-corrected chi connectivity index (χ0v) is 9.04. The molecule has 1 aliphatic heterocycles. The lowest BCUT2D eigenvalue weighted by atomic mass is 10.1. The van der Waals surface area contributed by atoms with Gasteiger partial charge in [-0.25, -0.2) is 4.79 Å². The molecule has 0 radical (unpaired) electrons. The maximum absolute atomic E-state index is 10.9. The van der Waals surface area contributed by atoms with Crippen LogP contribution in [0, 0.1) is 0 Å². The van der Waals surface area contributed by atoms with Crippen LogP contribution >= 0.6 is 0 Å². The zero-order chi connectivity index (χ0) is 11.8. The van der Waals surface area contributed by atoms with Gasteiger partial charge in [-0.2, -0.15) is 0 Å². The first-order valence-corrected chi connectivity index (χ1v) is 5.41. The summed E-state index contributed by atoms with van der Waals surface area (Å²) in [5.74, 6) is 0.0314. The predicted molar refractivity (Wildman–Crippen MR) is 58.1 cm³/mol. The highest BCUT2D eigenvalue weighted by atomic mass is 16.5. The molecule has 3 heterocycles. The van der Waals surface area contributed by atoms with Crippen molar-refractivity contribution in [2.75, 3.05) is 13.2 Å². The van der Waals surface area contributed by atoms with E-state index in [1.165, 1.54) is 6.07 Å². The van der Waals surface area contributed by atoms with Crippen molar-refractivity contribution in [1.29, 1.82) is 0 Å². The van der Waals surface area contributed by atoms with Gasteiger partial charge < -0.3 is 9.84 Å². The molecule has 6 heteroatoms. The van der Waals surface area contributed by atoms with Crippen molar-refractivity contribution in [2.45, 2.75) is 12.3 Å². The second-order valence-electron chi connectivity index (χ2n) is 4.07. The Balaban J connectivity index is 2.11. The molecule has 3 rings (SSSR count). The minimum absolute atomic E-state index is 0.203. The zero-order valence-electron chi connectivity index (χ0n) is 9.04. The first-order chi connectivity index (χ1) is 8.25. The molecule has 1 saturated heterocycles. The third-order valence-electron chi connectivity index (χ3n) is 2.97. The fraction of sp³-hybridized carbons (Fsp3) is 0.364. The summed E-state index contributed by atoms with van der Waals surface area (Å²) in [4.78, 5) is 10.9. The van der Waals surface area contributed by atoms with Crippen molar-refractivity contribution < 1.29 is 14.6 Å². The standard InChI is InChI=1S/C11H11N3O3/c15-11(16)7-1-2-9-12-13-10(14(9)5-7)8-3-4-17-6-8/h1-2,5,8H,3-4,6H2,(H,15,16). The Morgan fingerprint density at radius 1 is 1.47 bits per heavy atom. The number of aromatic carboxylic acids is 1. The molecular weight excluding hydrogens is 222 g/mol. The van der Waals surface area contributed by atoms with Gasteiger partial charge in [0, 0.05) is 18.7 Å². The molecule has 2 aromatic heterocycles. The van der Waals surface area contributed by atoms with Gasteiger partial charge in [-0.1, -0.05) is 0 Å². The van der Waals surface area contributed by atoms with E-state index in [-0.39, 0.29) is 11.5 Å². The van der Waals surface area contributed by atoms with Crippen molar-refractivity contribution in [3.8, 4) is 0 Å². The largest absolute Gasteiger partial charge is 0.478 e. The van der Waals surface area contributed by atoms with Crippen molar-refractivity contribution >= 4 is 11.6 Å². The van der Waals surface area contributed by atoms with E-state index < -0.39 is 5.97 Å². The summed E-state index contributed by atoms with van der Waals surface area (Å²) in [6.07, 6.45) is 2.46. The summed E-state index contributed by atoms with van der Waals surface area (Å²) in [5, 5.41) is 17.1. The van der Waals surface area contributed by atoms with Crippen LogP contribution in [0.1, 0.15) is 28.5 Å². The summed E-state index contributed by atoms with van der Waals surface area (Å²) in [6, 6.07) is 3.19. The number of hydrogen-bond acceptors (Lipinski definition) is 4. The summed E-state index contributed by atoms with van der Waals surface area (Å²) in [6.45, 7) is 1.34. The van der Waals surface area contributed by atoms with Crippen LogP contribution in [0.5, 0.6) is 0 Å². The van der Waals surface area contributed by atoms with Crippen molar-refractivity contribution in [3.63, 3.8) is 0 Å². The van der Waals surface area contributed by atoms with Crippen LogP contribution in [0.3, 0.4) is 0 Å². The number of hydrogen-bond donors (Lipinski definition) is 1. The predicted octanol–water partition coefficient (Wildman–Crippen LogP) is 0.931. The minimum Gasteiger partial charge on any atom is -0.478 e. The van der Waals surface area contributed by atoms with Crippen molar-refractivity contribution in [1.82, 2.24) is 14.6 Å². The lowest BCUT2D eigenvalue weighted by molar-refractivity contribution is 0.0696. The van der Waals surface area contributed by atoms with Gasteiger partial charge >= 0.3 is 5.97 Å². The van der Waals surface area contributed by atoms with Gasteiger partial charge in [0.2, 0.25) is 0 Å². The first kappa shape index (κ1) is 10.2. The maximum atomic E-state index is 10.9. The number of carboxylic acids is 1. The highest BCUT2D eigenvalue weighted by Gasteiger charge is 2.23. The second-order valence-corrected chi connectivity index (χ2v) is 4.07. The van der Waals surface area contributed by atoms with E-state index >= 15 is 0 Å². The highest BCUT2D eigenvalue weighted by Crippen LogP contribution is 2.24. The van der Waals surface area contributed by atoms with Gasteiger partial charge in [-0.3, -0.25) is 4.40 Å². The van der Waals surface area contributed by atoms with Gasteiger partial charge in [-0.15, -0.1) is 10.2 Å². The van der Waals surface area contributed by atoms with E-state index in [0.717, 1.165) is 18.9 Å². The fourth-order valence-electron chi connectivity index (χ4n) is 2.05. The number of fused-ring (bicyclic) bond motifs is 1. The molecule has 1 N–H and O–H groups in total. The van der Waals surface area contributed by atoms with Crippen LogP contribution in [0.2, 0.25) is 0 Å². The molecule has 0 aliphatic carbocycles. The molecular formula is C11H11N3O3. The molecule has 0 spiro atoms. The van der Waals surface area contributed by atoms with E-state index in [4.69, 9.17) is 9.84 Å². The third-order valence-corrected chi connectivity index (χ3v) is 2.97. The molecule has 2 aromatic rings. The molecule has 1 fully saturated rings. The smallest absolute Gasteiger partial charge is 0.337 e. The Kier molecular flexibility index (Phi) is 2.29. The minimum atomic E-state index is -0.950. The highest BCUT2D eigenvalue weighted by molar-refractivity contribution is 5.87. The van der Waals surface area contributed by atoms with E-state index in [2.05, 4.69) is 10.2 Å². The van der Waals surface area contributed by atoms with Gasteiger partial charge in [0.25, 0.3) is 0 Å². The number of ether oxygens (including phenoxy) is 1. The Morgan fingerprint density at radius 2 is 2.35 bits per heavy atom. The van der Waals surface area contributed by atoms with Gasteiger partial charge in [0.1, 0.15) is 5.82 Å². The quantitative estimate of drug-likeness (QED) is 0.835. The Bertz CT molecular complexity index is 572. The normalized spacial score (nSPS) is 19.9. The number of nitrogens with zero attached hydrogens (tertiary/aromatic N) is 3. The summed E-state index contributed by atoms with van der Waals surface area (Å²) >= 11 is 0. The maximum Gasteiger partial charge on any atom is 0.337 e. The molecule has 1 unspecified atom stereocenters. The first-order valence-electron chi connectivity index (χ1n) is 5.41. The number of rotatable bonds is 2. The van der Waals surface area contributed by atoms with Crippen LogP contribution in [0.4, 0.5) is 0 Å². The Labute approximate surface area is 96.8 Å². The summed E-state index contributed by atoms with van der Waals surface area (Å²) in [7, 11) is 0. The van der Waals surface area contributed by atoms with Crippen LogP contribution in [-0.4, -0.2) is 38.9 Å². The van der Waals surface area contributed by atoms with Crippen molar-refractivity contribution in [2.24, 2.45) is 0 Å². The van der Waals surface area contributed by atoms with Gasteiger partial charge in [0.05, 0.1) is 12.2 Å². The number of aromatic nitrogens is 3. The Hall–Kier alpha value is -1.95. The van der Waals surface area contributed by atoms with Gasteiger partial charge in [0.15, 0.2) is 5.65 Å². The van der Waals surface area contributed by atoms with Crippen LogP contribution in [-0.2, 0) is 4.74 Å². The number of carboxylic acid groups (broad SMARTS) is 1. The second kappa shape index (κ2) is 3.81. The molecule has 6 nitrogen and oxygen atoms in total. The summed E-state index contributed by atoms with van der Waals surface area (Å²) in [5.41, 5.74) is 0.898. The van der Waals surface area contributed by atoms with Crippen LogP contribution in [0.25, 0.3) is 5.65 Å². The topological polar surface area (TPSA) is 76.7 Å². The molecule has 88 valence electrons. The molecule has 0 amide bonds. The third kappa shape index (κ3) is 1.66. The average Bonchev–Trinajstić information content (AvgIpc) is 2.96. The van der Waals surface area contributed by atoms with Gasteiger partial charge in [-0.05, 0) is 18.6 Å². The van der Waals surface area contributed by atoms with E-state index in [9.17, 15) is 4.79 Å². The molecule has 0 bridgehead atoms. The number of carbonyl (C=O) groups is 1. The molecule has 0 aromatic carbocycles. The van der Waals surface area contributed by atoms with E-state index in [1.807, 2.05) is 0 Å². The molecule has 1 aliphatic rings. The Morgan fingerprint density at radius 3 is 3.06 bits per heavy atom. The van der Waals surface area contributed by atoms with Crippen molar-refractivity contribution in [3.05, 3.63) is 29.7 Å². The average molecular weight is 233 g/mol. The molecule has 0 saturated carbocycles. The molecule has 1 atom stereocenters. The summed E-state index contributed by atoms with van der Waals surface area (Å²) < 4.78 is 7.05. The van der Waals surface area contributed by atoms with Crippen LogP contribution in [0.15, 0.2) is 18.3 Å². The van der Waals surface area contributed by atoms with E-state index in [1.54, 1.807) is 16.7 Å². The number of pyridine rings is 1. The van der Waals surface area contributed by atoms with Crippen LogP contribution < -0.4 is 0 Å². The lowest BCUT2D eigenvalue weighted by Crippen LogP contribution is -2.06. The van der Waals surface area contributed by atoms with E-state index in [0.29, 0.717) is 12.3 Å². The molecule has 17 heavy (non-hydrogen) atoms. The monoisotopic (exact) mass is 233 g/mol. The fourth-order valence-corrected chi connectivity index (χ4v) is 2.05. The SMILES string of the molecule is O=C(O)c1ccc2nnc(C3CCOC3)n2c1.